The second-order valence-corrected chi connectivity index (χ2v) is 7.07. The van der Waals surface area contributed by atoms with Gasteiger partial charge >= 0.3 is 5.91 Å². The maximum absolute atomic E-state index is 12.9. The summed E-state index contributed by atoms with van der Waals surface area (Å²) in [5.41, 5.74) is 1.05. The SMILES string of the molecule is O=C1C(=O)N(c2ccccn2)[C@H](c2cccnc2)C1=C(O)c1ccc(Br)cc1. The number of aromatic nitrogens is 2. The summed E-state index contributed by atoms with van der Waals surface area (Å²) in [5.74, 6) is -1.42. The summed E-state index contributed by atoms with van der Waals surface area (Å²) in [6.07, 6.45) is 4.72. The third kappa shape index (κ3) is 3.10. The number of halogens is 1. The van der Waals surface area contributed by atoms with Crippen LogP contribution in [0.25, 0.3) is 5.76 Å². The molecule has 0 radical (unpaired) electrons. The predicted molar refractivity (Wildman–Crippen MR) is 107 cm³/mol. The maximum Gasteiger partial charge on any atom is 0.301 e. The number of benzene rings is 1. The molecule has 3 heterocycles. The number of ketones is 1. The number of amides is 1. The molecule has 0 unspecified atom stereocenters. The zero-order chi connectivity index (χ0) is 19.7. The Balaban J connectivity index is 1.94. The van der Waals surface area contributed by atoms with Crippen molar-refractivity contribution < 1.29 is 14.7 Å². The Hall–Kier alpha value is -3.32. The highest BCUT2D eigenvalue weighted by molar-refractivity contribution is 9.10. The van der Waals surface area contributed by atoms with Crippen molar-refractivity contribution in [3.63, 3.8) is 0 Å². The summed E-state index contributed by atoms with van der Waals surface area (Å²) in [7, 11) is 0. The van der Waals surface area contributed by atoms with Crippen LogP contribution in [-0.2, 0) is 9.59 Å². The van der Waals surface area contributed by atoms with Gasteiger partial charge in [0.15, 0.2) is 0 Å². The Kier molecular flexibility index (Phi) is 4.75. The van der Waals surface area contributed by atoms with Crippen molar-refractivity contribution in [2.45, 2.75) is 6.04 Å². The number of pyridine rings is 2. The van der Waals surface area contributed by atoms with Crippen molar-refractivity contribution in [2.75, 3.05) is 4.90 Å². The average molecular weight is 436 g/mol. The summed E-state index contributed by atoms with van der Waals surface area (Å²) < 4.78 is 0.835. The first-order valence-electron chi connectivity index (χ1n) is 8.46. The summed E-state index contributed by atoms with van der Waals surface area (Å²) in [5, 5.41) is 10.9. The number of anilines is 1. The minimum absolute atomic E-state index is 0.00553. The number of hydrogen-bond donors (Lipinski definition) is 1. The van der Waals surface area contributed by atoms with E-state index >= 15 is 0 Å². The first-order valence-corrected chi connectivity index (χ1v) is 9.25. The minimum atomic E-state index is -0.827. The van der Waals surface area contributed by atoms with E-state index in [1.807, 2.05) is 0 Å². The molecule has 1 fully saturated rings. The van der Waals surface area contributed by atoms with Gasteiger partial charge in [-0.15, -0.1) is 0 Å². The lowest BCUT2D eigenvalue weighted by Crippen LogP contribution is -2.30. The smallest absolute Gasteiger partial charge is 0.301 e. The third-order valence-corrected chi connectivity index (χ3v) is 4.99. The van der Waals surface area contributed by atoms with Crippen molar-refractivity contribution in [3.8, 4) is 0 Å². The molecule has 1 aliphatic heterocycles. The van der Waals surface area contributed by atoms with E-state index in [1.54, 1.807) is 73.2 Å². The molecule has 0 saturated carbocycles. The van der Waals surface area contributed by atoms with Crippen LogP contribution >= 0.6 is 15.9 Å². The van der Waals surface area contributed by atoms with Gasteiger partial charge in [-0.3, -0.25) is 19.5 Å². The molecule has 0 spiro atoms. The van der Waals surface area contributed by atoms with E-state index < -0.39 is 17.7 Å². The average Bonchev–Trinajstić information content (AvgIpc) is 3.00. The molecule has 2 aromatic heterocycles. The number of hydrogen-bond acceptors (Lipinski definition) is 5. The number of aliphatic hydroxyl groups excluding tert-OH is 1. The second kappa shape index (κ2) is 7.36. The number of carbonyl (C=O) groups excluding carboxylic acids is 2. The summed E-state index contributed by atoms with van der Waals surface area (Å²) >= 11 is 3.34. The Morgan fingerprint density at radius 3 is 2.43 bits per heavy atom. The van der Waals surface area contributed by atoms with Gasteiger partial charge in [0, 0.05) is 28.6 Å². The molecule has 28 heavy (non-hydrogen) atoms. The van der Waals surface area contributed by atoms with E-state index in [9.17, 15) is 14.7 Å². The Morgan fingerprint density at radius 1 is 1.00 bits per heavy atom. The van der Waals surface area contributed by atoms with Gasteiger partial charge in [-0.2, -0.15) is 0 Å². The third-order valence-electron chi connectivity index (χ3n) is 4.46. The fourth-order valence-electron chi connectivity index (χ4n) is 3.18. The Morgan fingerprint density at radius 2 is 1.79 bits per heavy atom. The molecule has 0 aliphatic carbocycles. The first kappa shape index (κ1) is 18.1. The topological polar surface area (TPSA) is 83.4 Å². The summed E-state index contributed by atoms with van der Waals surface area (Å²) in [6.45, 7) is 0. The van der Waals surface area contributed by atoms with Crippen LogP contribution in [-0.4, -0.2) is 26.8 Å². The van der Waals surface area contributed by atoms with Gasteiger partial charge < -0.3 is 5.11 Å². The molecule has 7 heteroatoms. The number of nitrogens with zero attached hydrogens (tertiary/aromatic N) is 3. The molecule has 4 rings (SSSR count). The Labute approximate surface area is 169 Å². The molecular formula is C21H14BrN3O3. The number of rotatable bonds is 3. The molecule has 1 amide bonds. The lowest BCUT2D eigenvalue weighted by Gasteiger charge is -2.24. The van der Waals surface area contributed by atoms with Crippen LogP contribution in [0.3, 0.4) is 0 Å². The van der Waals surface area contributed by atoms with Gasteiger partial charge in [-0.05, 0) is 35.9 Å². The molecule has 1 aliphatic rings. The molecule has 3 aromatic rings. The highest BCUT2D eigenvalue weighted by atomic mass is 79.9. The van der Waals surface area contributed by atoms with Crippen molar-refractivity contribution in [1.29, 1.82) is 0 Å². The highest BCUT2D eigenvalue weighted by Gasteiger charge is 2.47. The maximum atomic E-state index is 12.9. The Bertz CT molecular complexity index is 1070. The molecular weight excluding hydrogens is 422 g/mol. The summed E-state index contributed by atoms with van der Waals surface area (Å²) in [4.78, 5) is 35.4. The van der Waals surface area contributed by atoms with Crippen LogP contribution in [0.4, 0.5) is 5.82 Å². The molecule has 1 saturated heterocycles. The zero-order valence-electron chi connectivity index (χ0n) is 14.5. The van der Waals surface area contributed by atoms with Gasteiger partial charge in [0.2, 0.25) is 0 Å². The number of aliphatic hydroxyl groups is 1. The fraction of sp³-hybridized carbons (Fsp3) is 0.0476. The monoisotopic (exact) mass is 435 g/mol. The lowest BCUT2D eigenvalue weighted by atomic mass is 9.96. The van der Waals surface area contributed by atoms with Crippen LogP contribution in [0, 0.1) is 0 Å². The number of Topliss-reactive ketones (excluding diaryl/α,β-unsaturated/α-hetero) is 1. The van der Waals surface area contributed by atoms with Crippen molar-refractivity contribution in [3.05, 3.63) is 94.4 Å². The van der Waals surface area contributed by atoms with Crippen molar-refractivity contribution in [1.82, 2.24) is 9.97 Å². The molecule has 138 valence electrons. The molecule has 1 aromatic carbocycles. The van der Waals surface area contributed by atoms with Crippen LogP contribution in [0.5, 0.6) is 0 Å². The van der Waals surface area contributed by atoms with E-state index in [0.29, 0.717) is 16.9 Å². The largest absolute Gasteiger partial charge is 0.507 e. The van der Waals surface area contributed by atoms with Crippen molar-refractivity contribution >= 4 is 39.2 Å². The first-order chi connectivity index (χ1) is 13.6. The van der Waals surface area contributed by atoms with Crippen LogP contribution in [0.2, 0.25) is 0 Å². The lowest BCUT2D eigenvalue weighted by molar-refractivity contribution is -0.132. The van der Waals surface area contributed by atoms with E-state index in [1.165, 1.54) is 4.90 Å². The quantitative estimate of drug-likeness (QED) is 0.383. The minimum Gasteiger partial charge on any atom is -0.507 e. The molecule has 1 atom stereocenters. The van der Waals surface area contributed by atoms with Crippen LogP contribution < -0.4 is 4.90 Å². The fourth-order valence-corrected chi connectivity index (χ4v) is 3.45. The van der Waals surface area contributed by atoms with Gasteiger partial charge in [-0.25, -0.2) is 4.98 Å². The standard InChI is InChI=1S/C21H14BrN3O3/c22-15-8-6-13(7-9-15)19(26)17-18(14-4-3-10-23-12-14)25(21(28)20(17)27)16-5-1-2-11-24-16/h1-12,18,26H/t18-/m1/s1. The second-order valence-electron chi connectivity index (χ2n) is 6.15. The molecule has 6 nitrogen and oxygen atoms in total. The number of carbonyl (C=O) groups is 2. The van der Waals surface area contributed by atoms with E-state index in [4.69, 9.17) is 0 Å². The van der Waals surface area contributed by atoms with E-state index in [0.717, 1.165) is 4.47 Å². The van der Waals surface area contributed by atoms with Crippen molar-refractivity contribution in [2.24, 2.45) is 0 Å². The highest BCUT2D eigenvalue weighted by Crippen LogP contribution is 2.41. The van der Waals surface area contributed by atoms with Crippen LogP contribution in [0.15, 0.2) is 83.2 Å². The molecule has 0 bridgehead atoms. The van der Waals surface area contributed by atoms with Gasteiger partial charge in [0.05, 0.1) is 11.6 Å². The van der Waals surface area contributed by atoms with Crippen LogP contribution in [0.1, 0.15) is 17.2 Å². The predicted octanol–water partition coefficient (Wildman–Crippen LogP) is 3.87. The van der Waals surface area contributed by atoms with E-state index in [-0.39, 0.29) is 11.3 Å². The van der Waals surface area contributed by atoms with Gasteiger partial charge in [-0.1, -0.05) is 40.2 Å². The van der Waals surface area contributed by atoms with Gasteiger partial charge in [0.1, 0.15) is 11.6 Å². The van der Waals surface area contributed by atoms with Gasteiger partial charge in [0.25, 0.3) is 5.78 Å². The van der Waals surface area contributed by atoms with E-state index in [2.05, 4.69) is 25.9 Å². The normalized spacial score (nSPS) is 18.5. The summed E-state index contributed by atoms with van der Waals surface area (Å²) in [6, 6.07) is 14.6. The zero-order valence-corrected chi connectivity index (χ0v) is 16.1. The molecule has 1 N–H and O–H groups in total.